The summed E-state index contributed by atoms with van der Waals surface area (Å²) >= 11 is 3.33. The lowest BCUT2D eigenvalue weighted by molar-refractivity contribution is -0.119. The fourth-order valence-electron chi connectivity index (χ4n) is 3.83. The van der Waals surface area contributed by atoms with Crippen molar-refractivity contribution in [2.45, 2.75) is 25.3 Å². The number of aromatic nitrogens is 2. The van der Waals surface area contributed by atoms with E-state index < -0.39 is 22.5 Å². The van der Waals surface area contributed by atoms with Crippen LogP contribution in [0.2, 0.25) is 0 Å². The molecule has 4 aromatic rings. The Morgan fingerprint density at radius 2 is 1.76 bits per heavy atom. The number of amides is 1. The van der Waals surface area contributed by atoms with E-state index in [1.165, 1.54) is 12.1 Å². The molecule has 37 heavy (non-hydrogen) atoms. The van der Waals surface area contributed by atoms with Crippen LogP contribution in [0.5, 0.6) is 5.75 Å². The molecule has 10 heteroatoms. The van der Waals surface area contributed by atoms with Crippen LogP contribution in [0.15, 0.2) is 94.6 Å². The van der Waals surface area contributed by atoms with Crippen molar-refractivity contribution >= 4 is 37.5 Å². The molecule has 0 aliphatic carbocycles. The Morgan fingerprint density at radius 1 is 1.05 bits per heavy atom. The van der Waals surface area contributed by atoms with Gasteiger partial charge in [0.05, 0.1) is 22.9 Å². The minimum Gasteiger partial charge on any atom is -0.494 e. The van der Waals surface area contributed by atoms with Crippen LogP contribution in [-0.2, 0) is 21.4 Å². The molecule has 0 atom stereocenters. The first kappa shape index (κ1) is 26.4. The number of nitrogens with one attached hydrogen (secondary N) is 1. The van der Waals surface area contributed by atoms with E-state index in [0.29, 0.717) is 18.0 Å². The number of halogens is 1. The summed E-state index contributed by atoms with van der Waals surface area (Å²) in [7, 11) is -4.02. The number of hydrogen-bond acceptors (Lipinski definition) is 5. The Labute approximate surface area is 225 Å². The van der Waals surface area contributed by atoms with Crippen LogP contribution in [-0.4, -0.2) is 37.0 Å². The zero-order valence-corrected chi connectivity index (χ0v) is 22.9. The Balaban J connectivity index is 1.58. The van der Waals surface area contributed by atoms with Crippen molar-refractivity contribution < 1.29 is 17.9 Å². The summed E-state index contributed by atoms with van der Waals surface area (Å²) in [5.41, 5.74) is 2.12. The summed E-state index contributed by atoms with van der Waals surface area (Å²) in [6.07, 6.45) is 3.57. The maximum atomic E-state index is 13.6. The highest BCUT2D eigenvalue weighted by Crippen LogP contribution is 2.27. The molecule has 4 rings (SSSR count). The van der Waals surface area contributed by atoms with Gasteiger partial charge in [-0.2, -0.15) is 0 Å². The van der Waals surface area contributed by atoms with E-state index in [1.54, 1.807) is 42.6 Å². The SMILES string of the molecule is CCOc1ccc(N(CC(=O)NCc2ccccc2-n2ccnc2C)S(=O)(=O)c2ccc(Br)cc2)cc1. The van der Waals surface area contributed by atoms with Gasteiger partial charge in [0.25, 0.3) is 10.0 Å². The summed E-state index contributed by atoms with van der Waals surface area (Å²) in [6.45, 7) is 4.09. The third-order valence-electron chi connectivity index (χ3n) is 5.68. The maximum Gasteiger partial charge on any atom is 0.264 e. The molecule has 0 spiro atoms. The van der Waals surface area contributed by atoms with Crippen LogP contribution in [0, 0.1) is 6.92 Å². The van der Waals surface area contributed by atoms with E-state index in [-0.39, 0.29) is 11.4 Å². The first-order valence-electron chi connectivity index (χ1n) is 11.7. The number of nitrogens with zero attached hydrogens (tertiary/aromatic N) is 3. The van der Waals surface area contributed by atoms with Gasteiger partial charge < -0.3 is 14.6 Å². The number of carbonyl (C=O) groups is 1. The van der Waals surface area contributed by atoms with Crippen molar-refractivity contribution in [1.29, 1.82) is 0 Å². The smallest absolute Gasteiger partial charge is 0.264 e. The topological polar surface area (TPSA) is 93.5 Å². The summed E-state index contributed by atoms with van der Waals surface area (Å²) in [4.78, 5) is 17.5. The first-order valence-corrected chi connectivity index (χ1v) is 13.9. The van der Waals surface area contributed by atoms with E-state index in [1.807, 2.05) is 48.9 Å². The van der Waals surface area contributed by atoms with E-state index in [0.717, 1.165) is 25.9 Å². The summed E-state index contributed by atoms with van der Waals surface area (Å²) in [5.74, 6) is 0.996. The molecular weight excluding hydrogens is 556 g/mol. The number of carbonyl (C=O) groups excluding carboxylic acids is 1. The Morgan fingerprint density at radius 3 is 2.41 bits per heavy atom. The molecule has 0 aliphatic rings. The predicted octanol–water partition coefficient (Wildman–Crippen LogP) is 4.85. The lowest BCUT2D eigenvalue weighted by atomic mass is 10.1. The molecule has 0 saturated heterocycles. The summed E-state index contributed by atoms with van der Waals surface area (Å²) in [6, 6.07) is 20.6. The van der Waals surface area contributed by atoms with Crippen LogP contribution in [0.4, 0.5) is 5.69 Å². The Kier molecular flexibility index (Phi) is 8.30. The summed E-state index contributed by atoms with van der Waals surface area (Å²) < 4.78 is 36.5. The zero-order chi connectivity index (χ0) is 26.4. The van der Waals surface area contributed by atoms with Crippen LogP contribution < -0.4 is 14.4 Å². The number of benzene rings is 3. The number of imidazole rings is 1. The van der Waals surface area contributed by atoms with Crippen molar-refractivity contribution in [2.24, 2.45) is 0 Å². The van der Waals surface area contributed by atoms with Crippen molar-refractivity contribution in [3.63, 3.8) is 0 Å². The van der Waals surface area contributed by atoms with E-state index in [2.05, 4.69) is 26.2 Å². The van der Waals surface area contributed by atoms with Gasteiger partial charge in [0.15, 0.2) is 0 Å². The molecule has 1 amide bonds. The van der Waals surface area contributed by atoms with Gasteiger partial charge in [0.1, 0.15) is 18.1 Å². The Hall–Kier alpha value is -3.63. The van der Waals surface area contributed by atoms with Crippen LogP contribution in [0.1, 0.15) is 18.3 Å². The fourth-order valence-corrected chi connectivity index (χ4v) is 5.52. The quantitative estimate of drug-likeness (QED) is 0.288. The first-order chi connectivity index (χ1) is 17.8. The largest absolute Gasteiger partial charge is 0.494 e. The molecule has 0 bridgehead atoms. The summed E-state index contributed by atoms with van der Waals surface area (Å²) in [5, 5.41) is 2.87. The molecule has 1 aromatic heterocycles. The minimum absolute atomic E-state index is 0.0818. The maximum absolute atomic E-state index is 13.6. The van der Waals surface area contributed by atoms with Gasteiger partial charge in [-0.25, -0.2) is 13.4 Å². The monoisotopic (exact) mass is 582 g/mol. The second kappa shape index (κ2) is 11.6. The van der Waals surface area contributed by atoms with Crippen molar-refractivity contribution in [2.75, 3.05) is 17.5 Å². The molecular formula is C27H27BrN4O4S. The predicted molar refractivity (Wildman–Crippen MR) is 146 cm³/mol. The third-order valence-corrected chi connectivity index (χ3v) is 7.99. The lowest BCUT2D eigenvalue weighted by Crippen LogP contribution is -2.40. The van der Waals surface area contributed by atoms with Gasteiger partial charge in [-0.3, -0.25) is 9.10 Å². The molecule has 0 saturated carbocycles. The molecule has 3 aromatic carbocycles. The number of hydrogen-bond donors (Lipinski definition) is 1. The normalized spacial score (nSPS) is 11.2. The van der Waals surface area contributed by atoms with Crippen molar-refractivity contribution in [3.05, 3.63) is 101 Å². The van der Waals surface area contributed by atoms with Crippen LogP contribution in [0.3, 0.4) is 0 Å². The van der Waals surface area contributed by atoms with E-state index in [4.69, 9.17) is 4.74 Å². The minimum atomic E-state index is -4.02. The average Bonchev–Trinajstić information content (AvgIpc) is 3.32. The van der Waals surface area contributed by atoms with Gasteiger partial charge in [0.2, 0.25) is 5.91 Å². The number of aryl methyl sites for hydroxylation is 1. The second-order valence-electron chi connectivity index (χ2n) is 8.14. The van der Waals surface area contributed by atoms with Crippen molar-refractivity contribution in [1.82, 2.24) is 14.9 Å². The molecule has 1 heterocycles. The van der Waals surface area contributed by atoms with Crippen LogP contribution >= 0.6 is 15.9 Å². The number of anilines is 1. The number of rotatable bonds is 10. The number of ether oxygens (including phenoxy) is 1. The molecule has 1 N–H and O–H groups in total. The standard InChI is InChI=1S/C27H27BrN4O4S/c1-3-36-24-12-10-23(11-13-24)32(37(34,35)25-14-8-22(28)9-15-25)19-27(33)30-18-21-6-4-5-7-26(21)31-17-16-29-20(31)2/h4-17H,3,18-19H2,1-2H3,(H,30,33). The average molecular weight is 584 g/mol. The van der Waals surface area contributed by atoms with Gasteiger partial charge in [-0.1, -0.05) is 34.1 Å². The van der Waals surface area contributed by atoms with Gasteiger partial charge in [0, 0.05) is 23.4 Å². The fraction of sp³-hybridized carbons (Fsp3) is 0.185. The molecule has 8 nitrogen and oxygen atoms in total. The van der Waals surface area contributed by atoms with E-state index >= 15 is 0 Å². The highest BCUT2D eigenvalue weighted by atomic mass is 79.9. The number of para-hydroxylation sites is 1. The van der Waals surface area contributed by atoms with Gasteiger partial charge in [-0.15, -0.1) is 0 Å². The van der Waals surface area contributed by atoms with Gasteiger partial charge in [-0.05, 0) is 74.0 Å². The molecule has 192 valence electrons. The highest BCUT2D eigenvalue weighted by Gasteiger charge is 2.27. The third kappa shape index (κ3) is 6.20. The number of sulfonamides is 1. The van der Waals surface area contributed by atoms with E-state index in [9.17, 15) is 13.2 Å². The molecule has 0 fully saturated rings. The molecule has 0 radical (unpaired) electrons. The molecule has 0 aliphatic heterocycles. The lowest BCUT2D eigenvalue weighted by Gasteiger charge is -2.24. The van der Waals surface area contributed by atoms with Crippen LogP contribution in [0.25, 0.3) is 5.69 Å². The van der Waals surface area contributed by atoms with Gasteiger partial charge >= 0.3 is 0 Å². The Bertz CT molecular complexity index is 1470. The molecule has 0 unspecified atom stereocenters. The second-order valence-corrected chi connectivity index (χ2v) is 10.9. The zero-order valence-electron chi connectivity index (χ0n) is 20.5. The highest BCUT2D eigenvalue weighted by molar-refractivity contribution is 9.10. The van der Waals surface area contributed by atoms with Crippen molar-refractivity contribution in [3.8, 4) is 11.4 Å².